The first kappa shape index (κ1) is 21.6. The minimum absolute atomic E-state index is 0.203. The van der Waals surface area contributed by atoms with Gasteiger partial charge in [-0.1, -0.05) is 12.1 Å². The number of nitrogens with zero attached hydrogens (tertiary/aromatic N) is 1. The molecule has 0 bridgehead atoms. The number of halogens is 3. The molecule has 1 atom stereocenters. The van der Waals surface area contributed by atoms with Gasteiger partial charge in [-0.15, -0.1) is 13.2 Å². The summed E-state index contributed by atoms with van der Waals surface area (Å²) in [4.78, 5) is 15.4. The summed E-state index contributed by atoms with van der Waals surface area (Å²) in [7, 11) is 3.95. The van der Waals surface area contributed by atoms with Crippen molar-refractivity contribution in [1.29, 1.82) is 0 Å². The van der Waals surface area contributed by atoms with Crippen LogP contribution in [0.2, 0.25) is 0 Å². The molecule has 0 saturated carbocycles. The number of alkyl halides is 3. The number of hydrogen-bond acceptors (Lipinski definition) is 3. The quantitative estimate of drug-likeness (QED) is 0.721. The lowest BCUT2D eigenvalue weighted by atomic mass is 10.2. The van der Waals surface area contributed by atoms with E-state index >= 15 is 0 Å². The van der Waals surface area contributed by atoms with E-state index < -0.39 is 6.36 Å². The number of carbonyl (C=O) groups is 1. The summed E-state index contributed by atoms with van der Waals surface area (Å²) in [6.07, 6.45) is -4.74. The topological polar surface area (TPSA) is 46.0 Å². The normalized spacial score (nSPS) is 12.4. The van der Waals surface area contributed by atoms with Gasteiger partial charge in [0.15, 0.2) is 6.54 Å². The molecule has 0 heterocycles. The monoisotopic (exact) mass is 396 g/mol. The van der Waals surface area contributed by atoms with Gasteiger partial charge >= 0.3 is 6.36 Å². The van der Waals surface area contributed by atoms with Crippen molar-refractivity contribution in [1.82, 2.24) is 0 Å². The Labute approximate surface area is 162 Å². The first-order valence-corrected chi connectivity index (χ1v) is 8.91. The highest BCUT2D eigenvalue weighted by Gasteiger charge is 2.31. The third-order valence-electron chi connectivity index (χ3n) is 4.19. The van der Waals surface area contributed by atoms with Gasteiger partial charge < -0.3 is 19.9 Å². The van der Waals surface area contributed by atoms with Crippen molar-refractivity contribution in [2.75, 3.05) is 37.4 Å². The molecule has 28 heavy (non-hydrogen) atoms. The molecule has 0 radical (unpaired) electrons. The van der Waals surface area contributed by atoms with Crippen LogP contribution < -0.4 is 19.9 Å². The van der Waals surface area contributed by atoms with Gasteiger partial charge in [0.05, 0.1) is 6.54 Å². The fraction of sp³-hybridized carbons (Fsp3) is 0.350. The molecule has 0 saturated heterocycles. The Balaban J connectivity index is 1.89. The molecule has 1 amide bonds. The van der Waals surface area contributed by atoms with Crippen LogP contribution >= 0.6 is 0 Å². The van der Waals surface area contributed by atoms with Gasteiger partial charge in [0.2, 0.25) is 0 Å². The number of benzene rings is 2. The molecule has 0 aliphatic heterocycles. The van der Waals surface area contributed by atoms with Gasteiger partial charge in [-0.25, -0.2) is 0 Å². The van der Waals surface area contributed by atoms with Crippen molar-refractivity contribution in [2.24, 2.45) is 0 Å². The molecule has 0 fully saturated rings. The number of anilines is 2. The fourth-order valence-electron chi connectivity index (χ4n) is 2.69. The van der Waals surface area contributed by atoms with E-state index in [1.165, 1.54) is 24.3 Å². The van der Waals surface area contributed by atoms with Gasteiger partial charge in [0.1, 0.15) is 12.3 Å². The van der Waals surface area contributed by atoms with E-state index in [9.17, 15) is 18.0 Å². The summed E-state index contributed by atoms with van der Waals surface area (Å²) >= 11 is 0. The number of rotatable bonds is 8. The number of quaternary nitrogens is 1. The van der Waals surface area contributed by atoms with Gasteiger partial charge in [0.25, 0.3) is 5.91 Å². The zero-order valence-corrected chi connectivity index (χ0v) is 16.1. The van der Waals surface area contributed by atoms with Crippen LogP contribution in [0.3, 0.4) is 0 Å². The Morgan fingerprint density at radius 3 is 2.18 bits per heavy atom. The molecule has 0 aliphatic carbocycles. The second-order valence-corrected chi connectivity index (χ2v) is 6.64. The largest absolute Gasteiger partial charge is 0.573 e. The first-order valence-electron chi connectivity index (χ1n) is 8.91. The highest BCUT2D eigenvalue weighted by Crippen LogP contribution is 2.23. The zero-order chi connectivity index (χ0) is 20.7. The second-order valence-electron chi connectivity index (χ2n) is 6.64. The van der Waals surface area contributed by atoms with Crippen LogP contribution in [-0.4, -0.2) is 39.5 Å². The van der Waals surface area contributed by atoms with Crippen molar-refractivity contribution in [2.45, 2.75) is 19.8 Å². The number of hydrogen-bond donors (Lipinski definition) is 2. The fourth-order valence-corrected chi connectivity index (χ4v) is 2.69. The number of carbonyl (C=O) groups excluding carboxylic acids is 1. The molecular weight excluding hydrogens is 371 g/mol. The highest BCUT2D eigenvalue weighted by molar-refractivity contribution is 5.91. The van der Waals surface area contributed by atoms with Gasteiger partial charge in [-0.2, -0.15) is 0 Å². The van der Waals surface area contributed by atoms with Crippen molar-refractivity contribution in [3.05, 3.63) is 54.1 Å². The Hall–Kier alpha value is -2.74. The highest BCUT2D eigenvalue weighted by atomic mass is 19.4. The molecular formula is C20H25F3N3O2+. The number of ether oxygens (including phenoxy) is 1. The maximum Gasteiger partial charge on any atom is 0.573 e. The third-order valence-corrected chi connectivity index (χ3v) is 4.19. The minimum atomic E-state index is -4.74. The molecule has 0 spiro atoms. The number of likely N-dealkylation sites (N-methyl/N-ethyl adjacent to an activating group) is 1. The lowest BCUT2D eigenvalue weighted by Crippen LogP contribution is -3.11. The predicted molar refractivity (Wildman–Crippen MR) is 103 cm³/mol. The maximum atomic E-state index is 12.3. The SMILES string of the molecule is CC[NH+](CC(=O)Nc1ccc(OC(F)(F)F)cc1)Cc1ccc(N(C)C)cc1. The van der Waals surface area contributed by atoms with Gasteiger partial charge in [0, 0.05) is 31.0 Å². The van der Waals surface area contributed by atoms with Crippen molar-refractivity contribution in [3.8, 4) is 5.75 Å². The van der Waals surface area contributed by atoms with Crippen LogP contribution in [-0.2, 0) is 11.3 Å². The Bertz CT molecular complexity index is 760. The van der Waals surface area contributed by atoms with Crippen molar-refractivity contribution >= 4 is 17.3 Å². The zero-order valence-electron chi connectivity index (χ0n) is 16.1. The van der Waals surface area contributed by atoms with E-state index in [0.29, 0.717) is 12.2 Å². The second kappa shape index (κ2) is 9.45. The minimum Gasteiger partial charge on any atom is -0.406 e. The summed E-state index contributed by atoms with van der Waals surface area (Å²) in [5.41, 5.74) is 2.66. The lowest BCUT2D eigenvalue weighted by molar-refractivity contribution is -0.903. The van der Waals surface area contributed by atoms with Crippen LogP contribution in [0, 0.1) is 0 Å². The van der Waals surface area contributed by atoms with Gasteiger partial charge in [-0.05, 0) is 43.3 Å². The standard InChI is InChI=1S/C20H24F3N3O2/c1-4-26(13-15-5-9-17(10-6-15)25(2)3)14-19(27)24-16-7-11-18(12-8-16)28-20(21,22)23/h5-12H,4,13-14H2,1-3H3,(H,24,27)/p+1. The molecule has 5 nitrogen and oxygen atoms in total. The van der Waals surface area contributed by atoms with E-state index in [4.69, 9.17) is 0 Å². The van der Waals surface area contributed by atoms with Crippen LogP contribution in [0.25, 0.3) is 0 Å². The lowest BCUT2D eigenvalue weighted by Gasteiger charge is -2.18. The number of nitrogens with one attached hydrogen (secondary N) is 2. The van der Waals surface area contributed by atoms with E-state index in [1.54, 1.807) is 0 Å². The van der Waals surface area contributed by atoms with E-state index in [-0.39, 0.29) is 18.2 Å². The summed E-state index contributed by atoms with van der Waals surface area (Å²) < 4.78 is 40.3. The average molecular weight is 396 g/mol. The number of amides is 1. The summed E-state index contributed by atoms with van der Waals surface area (Å²) in [6.45, 7) is 3.73. The average Bonchev–Trinajstić information content (AvgIpc) is 2.62. The summed E-state index contributed by atoms with van der Waals surface area (Å²) in [5.74, 6) is -0.529. The predicted octanol–water partition coefficient (Wildman–Crippen LogP) is 2.69. The van der Waals surface area contributed by atoms with Gasteiger partial charge in [-0.3, -0.25) is 4.79 Å². The third kappa shape index (κ3) is 7.11. The molecule has 2 aromatic carbocycles. The molecule has 8 heteroatoms. The van der Waals surface area contributed by atoms with Crippen LogP contribution in [0.15, 0.2) is 48.5 Å². The first-order chi connectivity index (χ1) is 13.2. The summed E-state index contributed by atoms with van der Waals surface area (Å²) in [5, 5.41) is 2.70. The van der Waals surface area contributed by atoms with E-state index in [1.807, 2.05) is 50.2 Å². The van der Waals surface area contributed by atoms with Crippen LogP contribution in [0.1, 0.15) is 12.5 Å². The molecule has 1 unspecified atom stereocenters. The van der Waals surface area contributed by atoms with E-state index in [0.717, 1.165) is 22.7 Å². The molecule has 2 N–H and O–H groups in total. The Morgan fingerprint density at radius 1 is 1.07 bits per heavy atom. The van der Waals surface area contributed by atoms with Crippen LogP contribution in [0.4, 0.5) is 24.5 Å². The molecule has 0 aliphatic rings. The van der Waals surface area contributed by atoms with Crippen molar-refractivity contribution < 1.29 is 27.6 Å². The molecule has 152 valence electrons. The smallest absolute Gasteiger partial charge is 0.406 e. The Morgan fingerprint density at radius 2 is 1.68 bits per heavy atom. The maximum absolute atomic E-state index is 12.3. The Kier molecular flexibility index (Phi) is 7.28. The van der Waals surface area contributed by atoms with Crippen LogP contribution in [0.5, 0.6) is 5.75 Å². The molecule has 0 aromatic heterocycles. The summed E-state index contributed by atoms with van der Waals surface area (Å²) in [6, 6.07) is 13.2. The molecule has 2 aromatic rings. The van der Waals surface area contributed by atoms with E-state index in [2.05, 4.69) is 10.1 Å². The molecule has 2 rings (SSSR count). The van der Waals surface area contributed by atoms with Crippen molar-refractivity contribution in [3.63, 3.8) is 0 Å².